The third kappa shape index (κ3) is 5.14. The highest BCUT2D eigenvalue weighted by Gasteiger charge is 2.39. The average molecular weight is 758 g/mol. The van der Waals surface area contributed by atoms with Crippen molar-refractivity contribution in [1.82, 2.24) is 13.7 Å². The maximum atomic E-state index is 2.56. The average Bonchev–Trinajstić information content (AvgIpc) is 3.92. The van der Waals surface area contributed by atoms with Gasteiger partial charge in [0.25, 0.3) is 0 Å². The molecule has 11 aromatic rings. The van der Waals surface area contributed by atoms with Crippen molar-refractivity contribution in [3.8, 4) is 28.2 Å². The fourth-order valence-electron chi connectivity index (χ4n) is 10.8. The number of hydrogen-bond acceptors (Lipinski definition) is 0. The minimum atomic E-state index is -0.0550. The van der Waals surface area contributed by atoms with E-state index in [0.717, 1.165) is 12.8 Å². The third-order valence-corrected chi connectivity index (χ3v) is 13.3. The topological polar surface area (TPSA) is 14.8 Å². The molecule has 3 heterocycles. The standard InChI is InChI=1S/C56H43N3/c1-37-35-56(2,40-28-31-53-48(34-40)45-23-13-15-25-51(45)58(53)42-18-8-4-9-19-42)36-49-47-33-39(27-30-54(47)59(55(37)49)43-20-10-5-11-21-43)38-26-29-52-46(32-38)44-22-12-14-24-50(44)57(52)41-16-6-3-7-17-41/h3-34,37H,35-36H2,1-2H3. The molecular weight excluding hydrogens is 715 g/mol. The Labute approximate surface area is 344 Å². The Kier molecular flexibility index (Phi) is 7.46. The van der Waals surface area contributed by atoms with Crippen LogP contribution in [-0.4, -0.2) is 13.7 Å². The molecule has 282 valence electrons. The summed E-state index contributed by atoms with van der Waals surface area (Å²) in [5, 5.41) is 6.52. The minimum absolute atomic E-state index is 0.0550. The lowest BCUT2D eigenvalue weighted by molar-refractivity contribution is 0.368. The lowest BCUT2D eigenvalue weighted by Gasteiger charge is -2.38. The number of benzene rings is 8. The molecule has 0 spiro atoms. The SMILES string of the molecule is CC1CC(C)(c2ccc3c(c2)c2ccccc2n3-c2ccccc2)Cc2c1n(-c1ccccc1)c1ccc(-c3ccc4c(c3)c3ccccc3n4-c3ccccc3)cc21. The Bertz CT molecular complexity index is 3400. The van der Waals surface area contributed by atoms with Crippen LogP contribution in [0.2, 0.25) is 0 Å². The molecule has 3 aromatic heterocycles. The molecule has 59 heavy (non-hydrogen) atoms. The van der Waals surface area contributed by atoms with Gasteiger partial charge < -0.3 is 13.7 Å². The first-order valence-electron chi connectivity index (χ1n) is 20.9. The lowest BCUT2D eigenvalue weighted by atomic mass is 9.66. The summed E-state index contributed by atoms with van der Waals surface area (Å²) in [7, 11) is 0. The van der Waals surface area contributed by atoms with Gasteiger partial charge in [-0.2, -0.15) is 0 Å². The highest BCUT2D eigenvalue weighted by Crippen LogP contribution is 2.50. The maximum Gasteiger partial charge on any atom is 0.0541 e. The molecule has 3 nitrogen and oxygen atoms in total. The Morgan fingerprint density at radius 3 is 1.39 bits per heavy atom. The summed E-state index contributed by atoms with van der Waals surface area (Å²) >= 11 is 0. The van der Waals surface area contributed by atoms with Gasteiger partial charge in [-0.1, -0.05) is 123 Å². The summed E-state index contributed by atoms with van der Waals surface area (Å²) in [5.41, 5.74) is 16.6. The van der Waals surface area contributed by atoms with Crippen LogP contribution in [0.25, 0.3) is 82.7 Å². The molecule has 0 saturated carbocycles. The first-order chi connectivity index (χ1) is 29.0. The lowest BCUT2D eigenvalue weighted by Crippen LogP contribution is -2.32. The summed E-state index contributed by atoms with van der Waals surface area (Å²) in [4.78, 5) is 0. The van der Waals surface area contributed by atoms with Crippen LogP contribution in [0.3, 0.4) is 0 Å². The van der Waals surface area contributed by atoms with Gasteiger partial charge in [0.2, 0.25) is 0 Å². The molecule has 2 unspecified atom stereocenters. The molecule has 0 amide bonds. The second-order valence-electron chi connectivity index (χ2n) is 16.9. The fourth-order valence-corrected chi connectivity index (χ4v) is 10.8. The number of nitrogens with zero attached hydrogens (tertiary/aromatic N) is 3. The number of rotatable bonds is 5. The second-order valence-corrected chi connectivity index (χ2v) is 16.9. The van der Waals surface area contributed by atoms with E-state index in [9.17, 15) is 0 Å². The molecule has 8 aromatic carbocycles. The summed E-state index contributed by atoms with van der Waals surface area (Å²) in [6, 6.07) is 71.7. The second kappa shape index (κ2) is 13.0. The summed E-state index contributed by atoms with van der Waals surface area (Å²) < 4.78 is 7.38. The molecule has 0 fully saturated rings. The van der Waals surface area contributed by atoms with E-state index in [1.807, 2.05) is 0 Å². The number of hydrogen-bond donors (Lipinski definition) is 0. The molecule has 0 saturated heterocycles. The van der Waals surface area contributed by atoms with Gasteiger partial charge in [-0.05, 0) is 131 Å². The third-order valence-electron chi connectivity index (χ3n) is 13.3. The number of para-hydroxylation sites is 5. The van der Waals surface area contributed by atoms with Crippen molar-refractivity contribution < 1.29 is 0 Å². The van der Waals surface area contributed by atoms with E-state index in [1.54, 1.807) is 0 Å². The quantitative estimate of drug-likeness (QED) is 0.166. The number of fused-ring (bicyclic) bond motifs is 9. The van der Waals surface area contributed by atoms with Gasteiger partial charge in [0, 0.05) is 49.7 Å². The summed E-state index contributed by atoms with van der Waals surface area (Å²) in [5.74, 6) is 0.349. The normalized spacial score (nSPS) is 16.7. The van der Waals surface area contributed by atoms with Crippen molar-refractivity contribution >= 4 is 54.5 Å². The molecule has 0 N–H and O–H groups in total. The summed E-state index contributed by atoms with van der Waals surface area (Å²) in [6.45, 7) is 4.96. The zero-order valence-corrected chi connectivity index (χ0v) is 33.3. The molecule has 1 aliphatic carbocycles. The van der Waals surface area contributed by atoms with Crippen LogP contribution in [-0.2, 0) is 11.8 Å². The number of aromatic nitrogens is 3. The van der Waals surface area contributed by atoms with Gasteiger partial charge >= 0.3 is 0 Å². The van der Waals surface area contributed by atoms with E-state index in [2.05, 4.69) is 222 Å². The van der Waals surface area contributed by atoms with Crippen molar-refractivity contribution in [2.24, 2.45) is 0 Å². The van der Waals surface area contributed by atoms with Gasteiger partial charge in [-0.15, -0.1) is 0 Å². The Morgan fingerprint density at radius 2 is 0.831 bits per heavy atom. The smallest absolute Gasteiger partial charge is 0.0541 e. The van der Waals surface area contributed by atoms with E-state index in [-0.39, 0.29) is 5.41 Å². The minimum Gasteiger partial charge on any atom is -0.313 e. The predicted octanol–water partition coefficient (Wildman–Crippen LogP) is 14.5. The van der Waals surface area contributed by atoms with E-state index < -0.39 is 0 Å². The van der Waals surface area contributed by atoms with Crippen LogP contribution < -0.4 is 0 Å². The van der Waals surface area contributed by atoms with Crippen LogP contribution >= 0.6 is 0 Å². The van der Waals surface area contributed by atoms with Crippen LogP contribution in [0.4, 0.5) is 0 Å². The van der Waals surface area contributed by atoms with E-state index in [0.29, 0.717) is 5.92 Å². The molecule has 2 atom stereocenters. The van der Waals surface area contributed by atoms with Crippen LogP contribution in [0.1, 0.15) is 43.0 Å². The largest absolute Gasteiger partial charge is 0.313 e. The van der Waals surface area contributed by atoms with Crippen LogP contribution in [0, 0.1) is 0 Å². The predicted molar refractivity (Wildman–Crippen MR) is 248 cm³/mol. The van der Waals surface area contributed by atoms with E-state index in [4.69, 9.17) is 0 Å². The van der Waals surface area contributed by atoms with Crippen LogP contribution in [0.15, 0.2) is 194 Å². The van der Waals surface area contributed by atoms with Crippen molar-refractivity contribution in [2.75, 3.05) is 0 Å². The van der Waals surface area contributed by atoms with E-state index in [1.165, 1.54) is 99.5 Å². The van der Waals surface area contributed by atoms with E-state index >= 15 is 0 Å². The summed E-state index contributed by atoms with van der Waals surface area (Å²) in [6.07, 6.45) is 2.04. The van der Waals surface area contributed by atoms with Gasteiger partial charge in [-0.25, -0.2) is 0 Å². The van der Waals surface area contributed by atoms with Crippen LogP contribution in [0.5, 0.6) is 0 Å². The van der Waals surface area contributed by atoms with Gasteiger partial charge in [0.05, 0.1) is 27.6 Å². The van der Waals surface area contributed by atoms with Gasteiger partial charge in [0.15, 0.2) is 0 Å². The first-order valence-corrected chi connectivity index (χ1v) is 20.9. The van der Waals surface area contributed by atoms with Gasteiger partial charge in [0.1, 0.15) is 0 Å². The molecule has 12 rings (SSSR count). The first kappa shape index (κ1) is 34.0. The Balaban J connectivity index is 1.03. The molecule has 0 bridgehead atoms. The molecule has 3 heteroatoms. The van der Waals surface area contributed by atoms with Crippen molar-refractivity contribution in [3.05, 3.63) is 211 Å². The molecule has 1 aliphatic rings. The van der Waals surface area contributed by atoms with Gasteiger partial charge in [-0.3, -0.25) is 0 Å². The highest BCUT2D eigenvalue weighted by atomic mass is 15.0. The zero-order valence-electron chi connectivity index (χ0n) is 33.3. The maximum absolute atomic E-state index is 2.56. The Hall–Kier alpha value is -7.10. The Morgan fingerprint density at radius 1 is 0.407 bits per heavy atom. The molecule has 0 aliphatic heterocycles. The monoisotopic (exact) mass is 757 g/mol. The van der Waals surface area contributed by atoms with Crippen molar-refractivity contribution in [1.29, 1.82) is 0 Å². The molecule has 0 radical (unpaired) electrons. The van der Waals surface area contributed by atoms with Crippen molar-refractivity contribution in [3.63, 3.8) is 0 Å². The molecular formula is C56H43N3. The van der Waals surface area contributed by atoms with Crippen molar-refractivity contribution in [2.45, 2.75) is 38.0 Å². The fraction of sp³-hybridized carbons (Fsp3) is 0.107. The highest BCUT2D eigenvalue weighted by molar-refractivity contribution is 6.11. The zero-order chi connectivity index (χ0) is 39.2.